The Balaban J connectivity index is 1.88. The van der Waals surface area contributed by atoms with Crippen LogP contribution >= 0.6 is 0 Å². The Labute approximate surface area is 155 Å². The van der Waals surface area contributed by atoms with Crippen molar-refractivity contribution in [2.24, 2.45) is 0 Å². The number of hydrogen-bond donors (Lipinski definition) is 2. The lowest BCUT2D eigenvalue weighted by molar-refractivity contribution is -0.119. The smallest absolute Gasteiger partial charge is 0.338 e. The molecule has 0 aliphatic carbocycles. The van der Waals surface area contributed by atoms with Gasteiger partial charge in [0, 0.05) is 18.7 Å². The minimum absolute atomic E-state index is 0.0223. The van der Waals surface area contributed by atoms with Crippen molar-refractivity contribution in [1.29, 1.82) is 0 Å². The average molecular weight is 392 g/mol. The predicted molar refractivity (Wildman–Crippen MR) is 96.8 cm³/mol. The van der Waals surface area contributed by atoms with Gasteiger partial charge in [-0.25, -0.2) is 17.6 Å². The fourth-order valence-corrected chi connectivity index (χ4v) is 3.94. The lowest BCUT2D eigenvalue weighted by Crippen LogP contribution is -2.35. The molecule has 142 valence electrons. The molecule has 3 rings (SSSR count). The predicted octanol–water partition coefficient (Wildman–Crippen LogP) is 2.84. The molecule has 27 heavy (non-hydrogen) atoms. The Morgan fingerprint density at radius 2 is 1.93 bits per heavy atom. The van der Waals surface area contributed by atoms with Gasteiger partial charge in [0.2, 0.25) is 5.91 Å². The van der Waals surface area contributed by atoms with Gasteiger partial charge in [-0.05, 0) is 49.2 Å². The number of amides is 1. The number of carboxylic acids is 1. The number of nitrogens with zero attached hydrogens (tertiary/aromatic N) is 1. The summed E-state index contributed by atoms with van der Waals surface area (Å²) in [5.41, 5.74) is 0.0582. The summed E-state index contributed by atoms with van der Waals surface area (Å²) in [4.78, 5) is 24.3. The quantitative estimate of drug-likeness (QED) is 0.814. The first-order valence-corrected chi connectivity index (χ1v) is 9.72. The summed E-state index contributed by atoms with van der Waals surface area (Å²) in [6.45, 7) is 0.564. The number of benzene rings is 2. The van der Waals surface area contributed by atoms with Gasteiger partial charge in [0.05, 0.1) is 16.1 Å². The number of rotatable bonds is 5. The van der Waals surface area contributed by atoms with E-state index in [1.807, 2.05) is 0 Å². The molecule has 0 saturated carbocycles. The Kier molecular flexibility index (Phi) is 5.13. The lowest BCUT2D eigenvalue weighted by atomic mass is 10.1. The van der Waals surface area contributed by atoms with Crippen molar-refractivity contribution in [3.8, 4) is 0 Å². The SMILES string of the molecule is O=C(O)c1cc(S(=O)(=O)Nc2cccc(N3CCCCC3=O)c2)ccc1F. The van der Waals surface area contributed by atoms with Crippen LogP contribution in [0.5, 0.6) is 0 Å². The second-order valence-electron chi connectivity index (χ2n) is 6.11. The van der Waals surface area contributed by atoms with Gasteiger partial charge in [-0.3, -0.25) is 9.52 Å². The number of nitrogens with one attached hydrogen (secondary N) is 1. The van der Waals surface area contributed by atoms with Crippen LogP contribution in [0.4, 0.5) is 15.8 Å². The van der Waals surface area contributed by atoms with Crippen molar-refractivity contribution in [1.82, 2.24) is 0 Å². The topological polar surface area (TPSA) is 104 Å². The summed E-state index contributed by atoms with van der Waals surface area (Å²) in [6.07, 6.45) is 2.15. The molecule has 1 saturated heterocycles. The number of anilines is 2. The molecular weight excluding hydrogens is 375 g/mol. The molecule has 1 fully saturated rings. The molecule has 2 N–H and O–H groups in total. The number of carbonyl (C=O) groups is 2. The molecule has 1 aliphatic heterocycles. The van der Waals surface area contributed by atoms with Gasteiger partial charge in [-0.2, -0.15) is 0 Å². The van der Waals surface area contributed by atoms with Gasteiger partial charge in [0.25, 0.3) is 10.0 Å². The third-order valence-electron chi connectivity index (χ3n) is 4.21. The number of hydrogen-bond acceptors (Lipinski definition) is 4. The zero-order valence-electron chi connectivity index (χ0n) is 14.2. The number of carbonyl (C=O) groups excluding carboxylic acids is 1. The van der Waals surface area contributed by atoms with Crippen molar-refractivity contribution in [2.75, 3.05) is 16.2 Å². The van der Waals surface area contributed by atoms with Crippen molar-refractivity contribution >= 4 is 33.3 Å². The van der Waals surface area contributed by atoms with Crippen LogP contribution in [0.25, 0.3) is 0 Å². The van der Waals surface area contributed by atoms with Gasteiger partial charge in [-0.1, -0.05) is 6.07 Å². The molecule has 1 heterocycles. The Hall–Kier alpha value is -2.94. The molecule has 0 bridgehead atoms. The number of halogens is 1. The molecule has 0 atom stereocenters. The van der Waals surface area contributed by atoms with Crippen molar-refractivity contribution in [2.45, 2.75) is 24.2 Å². The third-order valence-corrected chi connectivity index (χ3v) is 5.59. The number of aromatic carboxylic acids is 1. The highest BCUT2D eigenvalue weighted by Gasteiger charge is 2.22. The van der Waals surface area contributed by atoms with E-state index >= 15 is 0 Å². The van der Waals surface area contributed by atoms with Crippen LogP contribution in [0.3, 0.4) is 0 Å². The van der Waals surface area contributed by atoms with Crippen LogP contribution in [-0.2, 0) is 14.8 Å². The standard InChI is InChI=1S/C18H17FN2O5S/c19-16-8-7-14(11-15(16)18(23)24)27(25,26)20-12-4-3-5-13(10-12)21-9-2-1-6-17(21)22/h3-5,7-8,10-11,20H,1-2,6,9H2,(H,23,24). The van der Waals surface area contributed by atoms with E-state index in [0.717, 1.165) is 31.0 Å². The minimum Gasteiger partial charge on any atom is -0.478 e. The van der Waals surface area contributed by atoms with Crippen LogP contribution in [0, 0.1) is 5.82 Å². The van der Waals surface area contributed by atoms with E-state index in [2.05, 4.69) is 4.72 Å². The van der Waals surface area contributed by atoms with Gasteiger partial charge in [-0.15, -0.1) is 0 Å². The average Bonchev–Trinajstić information content (AvgIpc) is 2.62. The van der Waals surface area contributed by atoms with E-state index < -0.39 is 27.4 Å². The second-order valence-corrected chi connectivity index (χ2v) is 7.79. The number of sulfonamides is 1. The summed E-state index contributed by atoms with van der Waals surface area (Å²) in [5.74, 6) is -2.60. The highest BCUT2D eigenvalue weighted by Crippen LogP contribution is 2.26. The highest BCUT2D eigenvalue weighted by atomic mass is 32.2. The second kappa shape index (κ2) is 7.36. The highest BCUT2D eigenvalue weighted by molar-refractivity contribution is 7.92. The van der Waals surface area contributed by atoms with Gasteiger partial charge in [0.1, 0.15) is 5.82 Å². The van der Waals surface area contributed by atoms with E-state index in [1.54, 1.807) is 17.0 Å². The van der Waals surface area contributed by atoms with Crippen LogP contribution < -0.4 is 9.62 Å². The normalized spacial score (nSPS) is 14.9. The molecule has 7 nitrogen and oxygen atoms in total. The largest absolute Gasteiger partial charge is 0.478 e. The molecule has 0 unspecified atom stereocenters. The van der Waals surface area contributed by atoms with E-state index in [9.17, 15) is 22.4 Å². The van der Waals surface area contributed by atoms with E-state index in [0.29, 0.717) is 18.7 Å². The Morgan fingerprint density at radius 3 is 2.63 bits per heavy atom. The van der Waals surface area contributed by atoms with Crippen LogP contribution in [-0.4, -0.2) is 31.9 Å². The maximum absolute atomic E-state index is 13.5. The van der Waals surface area contributed by atoms with E-state index in [1.165, 1.54) is 12.1 Å². The molecule has 1 aliphatic rings. The van der Waals surface area contributed by atoms with Crippen molar-refractivity contribution in [3.63, 3.8) is 0 Å². The summed E-state index contributed by atoms with van der Waals surface area (Å²) >= 11 is 0. The Bertz CT molecular complexity index is 1010. The zero-order chi connectivity index (χ0) is 19.6. The van der Waals surface area contributed by atoms with Crippen LogP contribution in [0.15, 0.2) is 47.4 Å². The first-order valence-electron chi connectivity index (χ1n) is 8.24. The summed E-state index contributed by atoms with van der Waals surface area (Å²) in [6, 6.07) is 8.91. The summed E-state index contributed by atoms with van der Waals surface area (Å²) in [7, 11) is -4.13. The molecule has 2 aromatic carbocycles. The maximum atomic E-state index is 13.5. The van der Waals surface area contributed by atoms with E-state index in [4.69, 9.17) is 5.11 Å². The van der Waals surface area contributed by atoms with Crippen molar-refractivity contribution in [3.05, 3.63) is 53.8 Å². The molecule has 9 heteroatoms. The Morgan fingerprint density at radius 1 is 1.15 bits per heavy atom. The lowest BCUT2D eigenvalue weighted by Gasteiger charge is -2.27. The molecule has 2 aromatic rings. The summed E-state index contributed by atoms with van der Waals surface area (Å²) < 4.78 is 40.9. The van der Waals surface area contributed by atoms with Crippen molar-refractivity contribution < 1.29 is 27.5 Å². The first-order chi connectivity index (χ1) is 12.8. The van der Waals surface area contributed by atoms with Crippen LogP contribution in [0.1, 0.15) is 29.6 Å². The molecule has 1 amide bonds. The molecular formula is C18H17FN2O5S. The van der Waals surface area contributed by atoms with E-state index in [-0.39, 0.29) is 16.5 Å². The summed E-state index contributed by atoms with van der Waals surface area (Å²) in [5, 5.41) is 8.96. The number of carboxylic acid groups (broad SMARTS) is 1. The maximum Gasteiger partial charge on any atom is 0.338 e. The van der Waals surface area contributed by atoms with Crippen LogP contribution in [0.2, 0.25) is 0 Å². The molecule has 0 radical (unpaired) electrons. The van der Waals surface area contributed by atoms with Gasteiger partial charge < -0.3 is 10.0 Å². The first kappa shape index (κ1) is 18.8. The molecule has 0 spiro atoms. The van der Waals surface area contributed by atoms with Gasteiger partial charge in [0.15, 0.2) is 0 Å². The fourth-order valence-electron chi connectivity index (χ4n) is 2.87. The molecule has 0 aromatic heterocycles. The third kappa shape index (κ3) is 4.08. The fraction of sp³-hybridized carbons (Fsp3) is 0.222. The number of piperidine rings is 1. The van der Waals surface area contributed by atoms with Gasteiger partial charge >= 0.3 is 5.97 Å². The zero-order valence-corrected chi connectivity index (χ0v) is 15.0. The minimum atomic E-state index is -4.13. The monoisotopic (exact) mass is 392 g/mol.